The zero-order valence-corrected chi connectivity index (χ0v) is 14.0. The van der Waals surface area contributed by atoms with E-state index in [0.29, 0.717) is 23.3 Å². The van der Waals surface area contributed by atoms with Gasteiger partial charge < -0.3 is 4.74 Å². The number of methoxy groups -OCH3 is 1. The first kappa shape index (κ1) is 16.9. The molecular formula is C18H14FNO4S. The van der Waals surface area contributed by atoms with E-state index in [-0.39, 0.29) is 10.5 Å². The number of nitrogens with zero attached hydrogens (tertiary/aromatic N) is 1. The van der Waals surface area contributed by atoms with Crippen molar-refractivity contribution in [3.8, 4) is 17.0 Å². The van der Waals surface area contributed by atoms with E-state index in [1.54, 1.807) is 24.3 Å². The molecule has 0 aliphatic heterocycles. The van der Waals surface area contributed by atoms with Gasteiger partial charge in [0.25, 0.3) is 10.0 Å². The van der Waals surface area contributed by atoms with Crippen molar-refractivity contribution in [1.29, 1.82) is 0 Å². The first-order valence-corrected chi connectivity index (χ1v) is 8.73. The van der Waals surface area contributed by atoms with Crippen LogP contribution in [0.4, 0.5) is 4.39 Å². The van der Waals surface area contributed by atoms with E-state index in [1.165, 1.54) is 31.5 Å². The molecule has 2 aromatic carbocycles. The maximum absolute atomic E-state index is 13.1. The van der Waals surface area contributed by atoms with E-state index in [2.05, 4.69) is 0 Å². The van der Waals surface area contributed by atoms with Crippen LogP contribution in [0.15, 0.2) is 65.7 Å². The minimum Gasteiger partial charge on any atom is -0.497 e. The summed E-state index contributed by atoms with van der Waals surface area (Å²) in [6.07, 6.45) is 1.81. The number of hydrogen-bond donors (Lipinski definition) is 0. The predicted octanol–water partition coefficient (Wildman–Crippen LogP) is 3.35. The Bertz CT molecular complexity index is 1010. The molecule has 0 aliphatic rings. The number of carbonyl (C=O) groups is 1. The fourth-order valence-electron chi connectivity index (χ4n) is 2.42. The predicted molar refractivity (Wildman–Crippen MR) is 90.8 cm³/mol. The molecule has 0 fully saturated rings. The lowest BCUT2D eigenvalue weighted by Crippen LogP contribution is -2.13. The van der Waals surface area contributed by atoms with Gasteiger partial charge in [-0.2, -0.15) is 0 Å². The number of carbonyl (C=O) groups excluding carboxylic acids is 1. The number of benzene rings is 2. The molecule has 128 valence electrons. The quantitative estimate of drug-likeness (QED) is 0.655. The zero-order chi connectivity index (χ0) is 18.0. The van der Waals surface area contributed by atoms with Gasteiger partial charge >= 0.3 is 0 Å². The summed E-state index contributed by atoms with van der Waals surface area (Å²) in [6, 6.07) is 12.8. The van der Waals surface area contributed by atoms with Crippen LogP contribution in [0.5, 0.6) is 5.75 Å². The Kier molecular flexibility index (Phi) is 4.41. The van der Waals surface area contributed by atoms with Crippen LogP contribution in [0.1, 0.15) is 10.4 Å². The first-order chi connectivity index (χ1) is 12.0. The van der Waals surface area contributed by atoms with Crippen LogP contribution in [0.2, 0.25) is 0 Å². The van der Waals surface area contributed by atoms with Crippen molar-refractivity contribution in [2.24, 2.45) is 0 Å². The lowest BCUT2D eigenvalue weighted by Gasteiger charge is -2.11. The molecule has 3 rings (SSSR count). The fraction of sp³-hybridized carbons (Fsp3) is 0.0556. The monoisotopic (exact) mass is 359 g/mol. The first-order valence-electron chi connectivity index (χ1n) is 7.29. The molecule has 3 aromatic rings. The zero-order valence-electron chi connectivity index (χ0n) is 13.2. The Labute approximate surface area is 144 Å². The molecule has 0 spiro atoms. The van der Waals surface area contributed by atoms with Crippen LogP contribution in [0.3, 0.4) is 0 Å². The highest BCUT2D eigenvalue weighted by molar-refractivity contribution is 7.90. The van der Waals surface area contributed by atoms with E-state index in [4.69, 9.17) is 4.74 Å². The van der Waals surface area contributed by atoms with Crippen LogP contribution in [0, 0.1) is 5.82 Å². The van der Waals surface area contributed by atoms with Crippen LogP contribution in [0.25, 0.3) is 11.3 Å². The van der Waals surface area contributed by atoms with Crippen molar-refractivity contribution in [1.82, 2.24) is 3.97 Å². The third-order valence-corrected chi connectivity index (χ3v) is 5.39. The average molecular weight is 359 g/mol. The molecule has 25 heavy (non-hydrogen) atoms. The largest absolute Gasteiger partial charge is 0.497 e. The summed E-state index contributed by atoms with van der Waals surface area (Å²) in [5.74, 6) is 0.0919. The summed E-state index contributed by atoms with van der Waals surface area (Å²) >= 11 is 0. The molecule has 0 aliphatic carbocycles. The van der Waals surface area contributed by atoms with Gasteiger partial charge in [0.2, 0.25) is 0 Å². The second-order valence-corrected chi connectivity index (χ2v) is 7.07. The summed E-state index contributed by atoms with van der Waals surface area (Å²) in [6.45, 7) is 0. The van der Waals surface area contributed by atoms with Crippen molar-refractivity contribution in [2.45, 2.75) is 4.90 Å². The van der Waals surface area contributed by atoms with Gasteiger partial charge in [-0.05, 0) is 60.2 Å². The molecule has 0 saturated carbocycles. The smallest absolute Gasteiger partial charge is 0.268 e. The van der Waals surface area contributed by atoms with Crippen LogP contribution >= 0.6 is 0 Å². The second-order valence-electron chi connectivity index (χ2n) is 5.26. The highest BCUT2D eigenvalue weighted by Gasteiger charge is 2.22. The maximum atomic E-state index is 13.1. The SMILES string of the molecule is COc1ccc(-c2cc(C=O)cn2S(=O)(=O)c2ccc(F)cc2)cc1. The van der Waals surface area contributed by atoms with Crippen LogP contribution in [-0.4, -0.2) is 25.8 Å². The fourth-order valence-corrected chi connectivity index (χ4v) is 3.80. The summed E-state index contributed by atoms with van der Waals surface area (Å²) in [5.41, 5.74) is 1.14. The second kappa shape index (κ2) is 6.52. The Morgan fingerprint density at radius 1 is 1.04 bits per heavy atom. The number of aromatic nitrogens is 1. The van der Waals surface area contributed by atoms with Crippen LogP contribution < -0.4 is 4.74 Å². The molecule has 7 heteroatoms. The van der Waals surface area contributed by atoms with Crippen molar-refractivity contribution in [3.05, 3.63) is 72.2 Å². The molecule has 1 heterocycles. The van der Waals surface area contributed by atoms with E-state index >= 15 is 0 Å². The molecule has 0 bridgehead atoms. The van der Waals surface area contributed by atoms with Gasteiger partial charge in [-0.3, -0.25) is 4.79 Å². The molecule has 5 nitrogen and oxygen atoms in total. The molecule has 0 atom stereocenters. The number of aldehydes is 1. The lowest BCUT2D eigenvalue weighted by molar-refractivity contribution is 0.112. The number of hydrogen-bond acceptors (Lipinski definition) is 4. The molecular weight excluding hydrogens is 345 g/mol. The van der Waals surface area contributed by atoms with Crippen molar-refractivity contribution in [3.63, 3.8) is 0 Å². The molecule has 0 saturated heterocycles. The van der Waals surface area contributed by atoms with E-state index < -0.39 is 15.8 Å². The van der Waals surface area contributed by atoms with Gasteiger partial charge in [-0.1, -0.05) is 0 Å². The van der Waals surface area contributed by atoms with Crippen molar-refractivity contribution in [2.75, 3.05) is 7.11 Å². The van der Waals surface area contributed by atoms with Gasteiger partial charge in [-0.25, -0.2) is 16.8 Å². The van der Waals surface area contributed by atoms with E-state index in [9.17, 15) is 17.6 Å². The Hall–Kier alpha value is -2.93. The number of ether oxygens (including phenoxy) is 1. The highest BCUT2D eigenvalue weighted by Crippen LogP contribution is 2.28. The normalized spacial score (nSPS) is 11.3. The third-order valence-electron chi connectivity index (χ3n) is 3.70. The van der Waals surface area contributed by atoms with E-state index in [1.807, 2.05) is 0 Å². The molecule has 0 amide bonds. The summed E-state index contributed by atoms with van der Waals surface area (Å²) < 4.78 is 45.0. The van der Waals surface area contributed by atoms with Crippen molar-refractivity contribution >= 4 is 16.3 Å². The molecule has 1 aromatic heterocycles. The maximum Gasteiger partial charge on any atom is 0.268 e. The Morgan fingerprint density at radius 2 is 1.68 bits per heavy atom. The third kappa shape index (κ3) is 3.18. The van der Waals surface area contributed by atoms with Gasteiger partial charge in [-0.15, -0.1) is 0 Å². The van der Waals surface area contributed by atoms with Gasteiger partial charge in [0, 0.05) is 11.8 Å². The molecule has 0 radical (unpaired) electrons. The molecule has 0 unspecified atom stereocenters. The minimum atomic E-state index is -3.98. The minimum absolute atomic E-state index is 0.0725. The van der Waals surface area contributed by atoms with Crippen molar-refractivity contribution < 1.29 is 22.3 Å². The summed E-state index contributed by atoms with van der Waals surface area (Å²) in [5, 5.41) is 0. The van der Waals surface area contributed by atoms with Gasteiger partial charge in [0.15, 0.2) is 6.29 Å². The lowest BCUT2D eigenvalue weighted by atomic mass is 10.1. The topological polar surface area (TPSA) is 65.4 Å². The molecule has 0 N–H and O–H groups in total. The Balaban J connectivity index is 2.16. The van der Waals surface area contributed by atoms with Crippen LogP contribution in [-0.2, 0) is 10.0 Å². The average Bonchev–Trinajstić information content (AvgIpc) is 3.07. The standard InChI is InChI=1S/C18H14FNO4S/c1-24-16-6-2-14(3-7-16)18-10-13(12-21)11-20(18)25(22,23)17-8-4-15(19)5-9-17/h2-12H,1H3. The highest BCUT2D eigenvalue weighted by atomic mass is 32.2. The summed E-state index contributed by atoms with van der Waals surface area (Å²) in [7, 11) is -2.45. The van der Waals surface area contributed by atoms with Gasteiger partial charge in [0.1, 0.15) is 11.6 Å². The number of halogens is 1. The Morgan fingerprint density at radius 3 is 2.24 bits per heavy atom. The summed E-state index contributed by atoms with van der Waals surface area (Å²) in [4.78, 5) is 11.1. The number of rotatable bonds is 5. The van der Waals surface area contributed by atoms with E-state index in [0.717, 1.165) is 16.1 Å². The van der Waals surface area contributed by atoms with Gasteiger partial charge in [0.05, 0.1) is 17.7 Å².